The first-order valence-corrected chi connectivity index (χ1v) is 6.38. The molecule has 0 aliphatic rings. The zero-order chi connectivity index (χ0) is 14.4. The van der Waals surface area contributed by atoms with E-state index in [1.807, 2.05) is 0 Å². The molecule has 0 bridgehead atoms. The Labute approximate surface area is 117 Å². The van der Waals surface area contributed by atoms with Crippen LogP contribution < -0.4 is 16.6 Å². The quantitative estimate of drug-likeness (QED) is 0.467. The number of nitrogens with zero attached hydrogens (tertiary/aromatic N) is 6. The summed E-state index contributed by atoms with van der Waals surface area (Å²) >= 11 is 0. The number of hydrazine groups is 1. The van der Waals surface area contributed by atoms with Gasteiger partial charge in [0.25, 0.3) is 5.95 Å². The van der Waals surface area contributed by atoms with E-state index in [0.29, 0.717) is 11.9 Å². The van der Waals surface area contributed by atoms with E-state index in [1.165, 1.54) is 0 Å². The van der Waals surface area contributed by atoms with Crippen molar-refractivity contribution < 1.29 is 0 Å². The number of rotatable bonds is 7. The molecule has 9 nitrogen and oxygen atoms in total. The van der Waals surface area contributed by atoms with Gasteiger partial charge < -0.3 is 10.2 Å². The van der Waals surface area contributed by atoms with Crippen molar-refractivity contribution in [2.24, 2.45) is 5.84 Å². The molecule has 2 rings (SSSR count). The van der Waals surface area contributed by atoms with Gasteiger partial charge in [-0.1, -0.05) is 6.92 Å². The molecule has 0 fully saturated rings. The van der Waals surface area contributed by atoms with Gasteiger partial charge in [-0.25, -0.2) is 10.5 Å². The average Bonchev–Trinajstić information content (AvgIpc) is 3.01. The van der Waals surface area contributed by atoms with Gasteiger partial charge in [-0.2, -0.15) is 20.1 Å². The lowest BCUT2D eigenvalue weighted by molar-refractivity contribution is 0.367. The molecule has 2 aromatic rings. The number of hydrogen-bond acceptors (Lipinski definition) is 8. The monoisotopic (exact) mass is 277 g/mol. The molecule has 2 aromatic heterocycles. The summed E-state index contributed by atoms with van der Waals surface area (Å²) in [6, 6.07) is 1.79. The molecule has 0 atom stereocenters. The zero-order valence-electron chi connectivity index (χ0n) is 11.6. The number of nitrogens with two attached hydrogens (primary N) is 1. The molecule has 0 radical (unpaired) electrons. The van der Waals surface area contributed by atoms with E-state index in [2.05, 4.69) is 49.7 Å². The van der Waals surface area contributed by atoms with Crippen LogP contribution in [0.15, 0.2) is 18.5 Å². The molecular weight excluding hydrogens is 258 g/mol. The van der Waals surface area contributed by atoms with Gasteiger partial charge in [-0.3, -0.25) is 5.43 Å². The van der Waals surface area contributed by atoms with Crippen molar-refractivity contribution in [3.63, 3.8) is 0 Å². The number of anilines is 2. The lowest BCUT2D eigenvalue weighted by Crippen LogP contribution is -2.25. The van der Waals surface area contributed by atoms with E-state index in [-0.39, 0.29) is 5.95 Å². The van der Waals surface area contributed by atoms with Crippen LogP contribution in [0.1, 0.15) is 6.92 Å². The fourth-order valence-electron chi connectivity index (χ4n) is 1.51. The van der Waals surface area contributed by atoms with Crippen LogP contribution in [0.25, 0.3) is 5.95 Å². The van der Waals surface area contributed by atoms with E-state index < -0.39 is 0 Å². The van der Waals surface area contributed by atoms with Gasteiger partial charge in [0, 0.05) is 25.5 Å². The first-order valence-electron chi connectivity index (χ1n) is 6.38. The predicted octanol–water partition coefficient (Wildman–Crippen LogP) is -0.293. The summed E-state index contributed by atoms with van der Waals surface area (Å²) in [5.74, 6) is 6.53. The second-order valence-corrected chi connectivity index (χ2v) is 4.20. The molecule has 20 heavy (non-hydrogen) atoms. The minimum absolute atomic E-state index is 0.289. The highest BCUT2D eigenvalue weighted by molar-refractivity contribution is 5.36. The van der Waals surface area contributed by atoms with Gasteiger partial charge in [0.05, 0.1) is 0 Å². The van der Waals surface area contributed by atoms with Crippen molar-refractivity contribution in [3.05, 3.63) is 18.5 Å². The highest BCUT2D eigenvalue weighted by Crippen LogP contribution is 2.07. The van der Waals surface area contributed by atoms with Crippen molar-refractivity contribution in [2.75, 3.05) is 37.4 Å². The Morgan fingerprint density at radius 2 is 2.10 bits per heavy atom. The number of nitrogen functional groups attached to an aromatic ring is 1. The Bertz CT molecular complexity index is 525. The summed E-state index contributed by atoms with van der Waals surface area (Å²) in [5, 5.41) is 7.23. The summed E-state index contributed by atoms with van der Waals surface area (Å²) in [6.45, 7) is 4.73. The molecule has 0 amide bonds. The van der Waals surface area contributed by atoms with Crippen molar-refractivity contribution in [3.8, 4) is 5.95 Å². The van der Waals surface area contributed by atoms with E-state index in [4.69, 9.17) is 5.84 Å². The van der Waals surface area contributed by atoms with Gasteiger partial charge in [-0.15, -0.1) is 0 Å². The average molecular weight is 277 g/mol. The molecule has 0 unspecified atom stereocenters. The Hall–Kier alpha value is -2.26. The smallest absolute Gasteiger partial charge is 0.257 e. The first kappa shape index (κ1) is 14.2. The van der Waals surface area contributed by atoms with Crippen LogP contribution >= 0.6 is 0 Å². The van der Waals surface area contributed by atoms with Gasteiger partial charge in [0.15, 0.2) is 0 Å². The van der Waals surface area contributed by atoms with E-state index in [9.17, 15) is 0 Å². The maximum atomic E-state index is 5.37. The van der Waals surface area contributed by atoms with Crippen LogP contribution in [0, 0.1) is 0 Å². The Morgan fingerprint density at radius 1 is 1.30 bits per heavy atom. The second kappa shape index (κ2) is 6.78. The molecule has 0 aliphatic heterocycles. The summed E-state index contributed by atoms with van der Waals surface area (Å²) in [7, 11) is 2.05. The van der Waals surface area contributed by atoms with Crippen LogP contribution in [0.3, 0.4) is 0 Å². The SMILES string of the molecule is CCN(C)CCNc1nc(NN)nc(-n2cccn2)n1. The highest BCUT2D eigenvalue weighted by atomic mass is 15.4. The van der Waals surface area contributed by atoms with Crippen molar-refractivity contribution >= 4 is 11.9 Å². The van der Waals surface area contributed by atoms with Gasteiger partial charge in [0.1, 0.15) is 0 Å². The van der Waals surface area contributed by atoms with Crippen LogP contribution in [0.2, 0.25) is 0 Å². The third-order valence-corrected chi connectivity index (χ3v) is 2.78. The minimum Gasteiger partial charge on any atom is -0.353 e. The van der Waals surface area contributed by atoms with Crippen LogP contribution in [0.4, 0.5) is 11.9 Å². The summed E-state index contributed by atoms with van der Waals surface area (Å²) in [5.41, 5.74) is 2.43. The van der Waals surface area contributed by atoms with Crippen LogP contribution in [0.5, 0.6) is 0 Å². The molecule has 0 spiro atoms. The lowest BCUT2D eigenvalue weighted by atomic mass is 10.5. The number of aromatic nitrogens is 5. The standard InChI is InChI=1S/C11H19N9/c1-3-19(2)8-6-13-9-15-10(18-12)17-11(16-9)20-7-4-5-14-20/h4-5,7H,3,6,8,12H2,1-2H3,(H2,13,15,16,17,18). The van der Waals surface area contributed by atoms with Crippen molar-refractivity contribution in [1.29, 1.82) is 0 Å². The summed E-state index contributed by atoms with van der Waals surface area (Å²) in [4.78, 5) is 14.8. The molecule has 2 heterocycles. The fourth-order valence-corrected chi connectivity index (χ4v) is 1.51. The van der Waals surface area contributed by atoms with Crippen LogP contribution in [-0.2, 0) is 0 Å². The highest BCUT2D eigenvalue weighted by Gasteiger charge is 2.07. The van der Waals surface area contributed by atoms with Crippen molar-refractivity contribution in [2.45, 2.75) is 6.92 Å². The summed E-state index contributed by atoms with van der Waals surface area (Å²) in [6.07, 6.45) is 3.41. The Kier molecular flexibility index (Phi) is 4.80. The predicted molar refractivity (Wildman–Crippen MR) is 76.4 cm³/mol. The summed E-state index contributed by atoms with van der Waals surface area (Å²) < 4.78 is 1.55. The molecule has 9 heteroatoms. The number of likely N-dealkylation sites (N-methyl/N-ethyl adjacent to an activating group) is 1. The maximum Gasteiger partial charge on any atom is 0.257 e. The number of nitrogens with one attached hydrogen (secondary N) is 2. The third kappa shape index (κ3) is 3.62. The topological polar surface area (TPSA) is 110 Å². The van der Waals surface area contributed by atoms with Crippen LogP contribution in [-0.4, -0.2) is 56.3 Å². The fraction of sp³-hybridized carbons (Fsp3) is 0.455. The zero-order valence-corrected chi connectivity index (χ0v) is 11.6. The maximum absolute atomic E-state index is 5.37. The van der Waals surface area contributed by atoms with Crippen molar-refractivity contribution in [1.82, 2.24) is 29.6 Å². The second-order valence-electron chi connectivity index (χ2n) is 4.20. The van der Waals surface area contributed by atoms with E-state index >= 15 is 0 Å². The van der Waals surface area contributed by atoms with Gasteiger partial charge in [0.2, 0.25) is 11.9 Å². The van der Waals surface area contributed by atoms with E-state index in [1.54, 1.807) is 23.1 Å². The first-order chi connectivity index (χ1) is 9.72. The van der Waals surface area contributed by atoms with E-state index in [0.717, 1.165) is 19.6 Å². The van der Waals surface area contributed by atoms with Gasteiger partial charge in [-0.05, 0) is 19.7 Å². The lowest BCUT2D eigenvalue weighted by Gasteiger charge is -2.14. The molecular formula is C11H19N9. The molecule has 108 valence electrons. The normalized spacial score (nSPS) is 10.8. The largest absolute Gasteiger partial charge is 0.353 e. The van der Waals surface area contributed by atoms with Gasteiger partial charge >= 0.3 is 0 Å². The molecule has 0 aromatic carbocycles. The molecule has 0 saturated heterocycles. The molecule has 0 aliphatic carbocycles. The molecule has 0 saturated carbocycles. The number of hydrogen-bond donors (Lipinski definition) is 3. The molecule has 4 N–H and O–H groups in total. The Balaban J connectivity index is 2.10. The Morgan fingerprint density at radius 3 is 2.75 bits per heavy atom. The third-order valence-electron chi connectivity index (χ3n) is 2.78. The minimum atomic E-state index is 0.289.